The third-order valence-corrected chi connectivity index (χ3v) is 12.7. The maximum absolute atomic E-state index is 10.4. The van der Waals surface area contributed by atoms with Gasteiger partial charge in [-0.15, -0.1) is 30.7 Å². The number of rotatable bonds is 15. The summed E-state index contributed by atoms with van der Waals surface area (Å²) >= 11 is 0. The van der Waals surface area contributed by atoms with Crippen LogP contribution in [0.5, 0.6) is 0 Å². The number of pyridine rings is 3. The van der Waals surface area contributed by atoms with Crippen LogP contribution in [0, 0.1) is 54.8 Å². The van der Waals surface area contributed by atoms with Gasteiger partial charge in [0.1, 0.15) is 69.4 Å². The molecule has 7 aromatic heterocycles. The van der Waals surface area contributed by atoms with E-state index in [0.717, 1.165) is 34.1 Å². The molecule has 0 unspecified atom stereocenters. The van der Waals surface area contributed by atoms with E-state index in [1.165, 1.54) is 32.6 Å². The van der Waals surface area contributed by atoms with Gasteiger partial charge in [0.25, 0.3) is 17.8 Å². The zero-order chi connectivity index (χ0) is 54.3. The summed E-state index contributed by atoms with van der Waals surface area (Å²) < 4.78 is 20.2. The molecule has 7 aromatic rings. The quantitative estimate of drug-likeness (QED) is 0.0986. The van der Waals surface area contributed by atoms with E-state index in [0.29, 0.717) is 113 Å². The lowest BCUT2D eigenvalue weighted by atomic mass is 10.2. The van der Waals surface area contributed by atoms with Crippen LogP contribution in [0.25, 0.3) is 17.8 Å². The highest BCUT2D eigenvalue weighted by atomic mass is 16.5. The molecule has 0 atom stereocenters. The van der Waals surface area contributed by atoms with Crippen LogP contribution in [0.15, 0.2) is 67.5 Å². The van der Waals surface area contributed by atoms with Crippen molar-refractivity contribution in [3.05, 3.63) is 70.2 Å². The monoisotopic (exact) mass is 1050 g/mol. The summed E-state index contributed by atoms with van der Waals surface area (Å²) in [5.74, 6) is 2.68. The molecule has 0 radical (unpaired) electrons. The van der Waals surface area contributed by atoms with Gasteiger partial charge in [-0.05, 0) is 55.7 Å². The first kappa shape index (κ1) is 51.5. The molecule has 396 valence electrons. The Morgan fingerprint density at radius 1 is 0.423 bits per heavy atom. The van der Waals surface area contributed by atoms with Gasteiger partial charge in [0.15, 0.2) is 34.9 Å². The van der Waals surface area contributed by atoms with E-state index in [1.807, 2.05) is 39.0 Å². The lowest BCUT2D eigenvalue weighted by molar-refractivity contribution is 0.122. The van der Waals surface area contributed by atoms with Crippen molar-refractivity contribution in [2.24, 2.45) is 30.7 Å². The minimum absolute atomic E-state index is 0.0115. The number of ether oxygens (including phenoxy) is 3. The van der Waals surface area contributed by atoms with Crippen LogP contribution in [0.1, 0.15) is 33.4 Å². The van der Waals surface area contributed by atoms with Gasteiger partial charge >= 0.3 is 0 Å². The van der Waals surface area contributed by atoms with E-state index in [4.69, 9.17) is 44.1 Å². The maximum Gasteiger partial charge on any atom is 0.259 e. The van der Waals surface area contributed by atoms with Gasteiger partial charge in [-0.3, -0.25) is 0 Å². The highest BCUT2D eigenvalue weighted by molar-refractivity contribution is 5.71. The van der Waals surface area contributed by atoms with Crippen molar-refractivity contribution < 1.29 is 14.2 Å². The second-order valence-corrected chi connectivity index (χ2v) is 17.6. The molecule has 78 heavy (non-hydrogen) atoms. The molecule has 10 rings (SSSR count). The van der Waals surface area contributed by atoms with Crippen LogP contribution >= 0.6 is 0 Å². The average molecular weight is 1050 g/mol. The van der Waals surface area contributed by atoms with Crippen molar-refractivity contribution in [2.45, 2.75) is 20.8 Å². The first-order chi connectivity index (χ1) is 38.1. The predicted octanol–water partition coefficient (Wildman–Crippen LogP) is 6.04. The first-order valence-corrected chi connectivity index (χ1v) is 24.7. The zero-order valence-corrected chi connectivity index (χ0v) is 43.4. The van der Waals surface area contributed by atoms with Gasteiger partial charge in [0.05, 0.1) is 58.2 Å². The molecule has 0 aliphatic carbocycles. The van der Waals surface area contributed by atoms with E-state index in [2.05, 4.69) is 94.8 Å². The Morgan fingerprint density at radius 2 is 0.692 bits per heavy atom. The minimum atomic E-state index is -0.224. The number of hydrogen-bond acceptors (Lipinski definition) is 27. The Balaban J connectivity index is 1.10. The highest BCUT2D eigenvalue weighted by Gasteiger charge is 2.26. The Morgan fingerprint density at radius 3 is 0.936 bits per heavy atom. The fourth-order valence-electron chi connectivity index (χ4n) is 8.62. The average Bonchev–Trinajstić information content (AvgIpc) is 4.28. The summed E-state index contributed by atoms with van der Waals surface area (Å²) in [7, 11) is 5.18. The second kappa shape index (κ2) is 22.9. The molecule has 0 amide bonds. The minimum Gasteiger partial charge on any atom is -0.378 e. The van der Waals surface area contributed by atoms with Gasteiger partial charge in [-0.2, -0.15) is 60.1 Å². The number of azo groups is 3. The molecule has 0 saturated carbocycles. The summed E-state index contributed by atoms with van der Waals surface area (Å²) in [6.07, 6.45) is 3.85. The molecule has 3 N–H and O–H groups in total. The normalized spacial score (nSPS) is 15.0. The summed E-state index contributed by atoms with van der Waals surface area (Å²) in [6, 6.07) is 12.1. The van der Waals surface area contributed by atoms with Crippen molar-refractivity contribution in [3.63, 3.8) is 0 Å². The van der Waals surface area contributed by atoms with Crippen molar-refractivity contribution in [1.29, 1.82) is 15.8 Å². The molecule has 30 heteroatoms. The summed E-state index contributed by atoms with van der Waals surface area (Å²) in [6.45, 7) is 13.2. The van der Waals surface area contributed by atoms with Crippen molar-refractivity contribution in [2.75, 3.05) is 131 Å². The molecule has 10 heterocycles. The number of aromatic nitrogens is 12. The van der Waals surface area contributed by atoms with E-state index in [9.17, 15) is 15.8 Å². The van der Waals surface area contributed by atoms with E-state index in [1.54, 1.807) is 21.1 Å². The predicted molar refractivity (Wildman–Crippen MR) is 283 cm³/mol. The Kier molecular flexibility index (Phi) is 15.1. The van der Waals surface area contributed by atoms with E-state index >= 15 is 0 Å². The molecular formula is C48H51N27O3. The van der Waals surface area contributed by atoms with Crippen molar-refractivity contribution in [3.8, 4) is 36.1 Å². The van der Waals surface area contributed by atoms with Gasteiger partial charge in [0, 0.05) is 60.4 Å². The lowest BCUT2D eigenvalue weighted by Crippen LogP contribution is -2.36. The number of hydrogen-bond donors (Lipinski definition) is 3. The molecule has 30 nitrogen and oxygen atoms in total. The topological polar surface area (TPSA) is 350 Å². The van der Waals surface area contributed by atoms with Crippen molar-refractivity contribution >= 4 is 69.4 Å². The Labute approximate surface area is 445 Å². The number of nitriles is 3. The largest absolute Gasteiger partial charge is 0.378 e. The third kappa shape index (κ3) is 10.4. The number of anilines is 6. The second-order valence-electron chi connectivity index (χ2n) is 17.6. The van der Waals surface area contributed by atoms with Crippen LogP contribution in [-0.2, 0) is 14.2 Å². The van der Waals surface area contributed by atoms with Crippen LogP contribution < -0.4 is 30.7 Å². The fraction of sp³-hybridized carbons (Fsp3) is 0.375. The number of nitrogens with one attached hydrogen (secondary N) is 3. The molecule has 0 aromatic carbocycles. The molecular weight excluding hydrogens is 1000 g/mol. The van der Waals surface area contributed by atoms with Gasteiger partial charge < -0.3 is 44.9 Å². The highest BCUT2D eigenvalue weighted by Crippen LogP contribution is 2.37. The Bertz CT molecular complexity index is 3210. The van der Waals surface area contributed by atoms with Gasteiger partial charge in [-0.1, -0.05) is 0 Å². The van der Waals surface area contributed by atoms with Gasteiger partial charge in [-0.25, -0.2) is 15.0 Å². The van der Waals surface area contributed by atoms with Crippen LogP contribution in [0.2, 0.25) is 0 Å². The Hall–Kier alpha value is -9.96. The van der Waals surface area contributed by atoms with Gasteiger partial charge in [0.2, 0.25) is 0 Å². The number of aryl methyl sites for hydroxylation is 3. The maximum atomic E-state index is 10.4. The zero-order valence-electron chi connectivity index (χ0n) is 43.4. The summed E-state index contributed by atoms with van der Waals surface area (Å²) in [5.41, 5.74) is 3.49. The molecule has 0 spiro atoms. The third-order valence-electron chi connectivity index (χ3n) is 12.7. The van der Waals surface area contributed by atoms with Crippen LogP contribution in [0.3, 0.4) is 0 Å². The number of nitrogens with zero attached hydrogens (tertiary/aromatic N) is 24. The molecule has 3 aliphatic heterocycles. The standard InChI is InChI=1S/C48H51N27O3/c1-28-19-34(70-7-13-76-14-8-70)58-40(52-4)37(28)64-67-43-31(22-49)25-55-73(43)46-61-47(74-44(32(23-50)26-56-74)68-65-38-29(2)20-35(59-41(38)53-5)71-9-15-77-16-10-71)63-48(62-46)75-45(33(24-51)27-57-75)69-66-39-30(3)21-36(60-42(39)54-6)72-11-17-78-18-12-72/h19-21,25-27H,7-18H2,1-6H3,(H,52,58)(H,53,59)(H,54,60)/b67-64+,68-65+,69-66+. The summed E-state index contributed by atoms with van der Waals surface area (Å²) in [5, 5.41) is 81.7. The van der Waals surface area contributed by atoms with E-state index < -0.39 is 0 Å². The fourth-order valence-corrected chi connectivity index (χ4v) is 8.62. The van der Waals surface area contributed by atoms with E-state index in [-0.39, 0.29) is 52.0 Å². The lowest BCUT2D eigenvalue weighted by Gasteiger charge is -2.28. The molecule has 3 aliphatic rings. The molecule has 3 saturated heterocycles. The molecule has 0 bridgehead atoms. The smallest absolute Gasteiger partial charge is 0.259 e. The number of morpholine rings is 3. The summed E-state index contributed by atoms with van der Waals surface area (Å²) in [4.78, 5) is 35.2. The van der Waals surface area contributed by atoms with Crippen LogP contribution in [0.4, 0.5) is 69.4 Å². The van der Waals surface area contributed by atoms with Crippen LogP contribution in [-0.4, -0.2) is 159 Å². The molecule has 3 fully saturated rings. The van der Waals surface area contributed by atoms with Crippen molar-refractivity contribution in [1.82, 2.24) is 59.2 Å². The first-order valence-electron chi connectivity index (χ1n) is 24.7. The SMILES string of the molecule is CNc1nc(N2CCOCC2)cc(C)c1/N=N/c1c(C#N)cnn1-c1nc(-n2ncc(C#N)c2/N=N/c2c(C)cc(N3CCOCC3)nc2NC)nc(-n2ncc(C#N)c2/N=N/c2c(C)cc(N3CCOCC3)nc2NC)n1.